The van der Waals surface area contributed by atoms with Crippen molar-refractivity contribution in [2.75, 3.05) is 31.1 Å². The minimum atomic E-state index is 0.530. The van der Waals surface area contributed by atoms with Crippen LogP contribution in [-0.4, -0.2) is 56.8 Å². The molecule has 1 aromatic carbocycles. The van der Waals surface area contributed by atoms with Gasteiger partial charge in [-0.2, -0.15) is 5.10 Å². The third-order valence-corrected chi connectivity index (χ3v) is 4.74. The van der Waals surface area contributed by atoms with Gasteiger partial charge in [0.05, 0.1) is 19.3 Å². The molecule has 4 rings (SSSR count). The van der Waals surface area contributed by atoms with Crippen molar-refractivity contribution in [3.63, 3.8) is 0 Å². The van der Waals surface area contributed by atoms with Gasteiger partial charge in [-0.05, 0) is 11.6 Å². The van der Waals surface area contributed by atoms with Crippen molar-refractivity contribution in [3.05, 3.63) is 72.3 Å². The number of hydrogen-bond donors (Lipinski definition) is 1. The molecule has 0 aliphatic carbocycles. The zero-order valence-electron chi connectivity index (χ0n) is 15.7. The number of nitrogens with two attached hydrogens (primary N) is 1. The standard InChI is InChI=1S/C20H24N8/c21-19(26-9-11-27(12-10-26)20-22-7-4-8-23-20)24-13-18-14-25-28(16-18)15-17-5-2-1-3-6-17/h1-8,14,16H,9-13,15H2,(H2,21,24). The maximum Gasteiger partial charge on any atom is 0.225 e. The lowest BCUT2D eigenvalue weighted by atomic mass is 10.2. The van der Waals surface area contributed by atoms with E-state index >= 15 is 0 Å². The third kappa shape index (κ3) is 4.46. The summed E-state index contributed by atoms with van der Waals surface area (Å²) in [6.45, 7) is 4.55. The lowest BCUT2D eigenvalue weighted by Gasteiger charge is -2.35. The van der Waals surface area contributed by atoms with E-state index in [1.165, 1.54) is 5.56 Å². The molecule has 2 N–H and O–H groups in total. The van der Waals surface area contributed by atoms with Gasteiger partial charge >= 0.3 is 0 Å². The molecule has 0 spiro atoms. The number of anilines is 1. The lowest BCUT2D eigenvalue weighted by molar-refractivity contribution is 0.378. The first-order valence-electron chi connectivity index (χ1n) is 9.40. The van der Waals surface area contributed by atoms with Crippen LogP contribution in [0.2, 0.25) is 0 Å². The summed E-state index contributed by atoms with van der Waals surface area (Å²) in [5.41, 5.74) is 8.48. The molecular formula is C20H24N8. The number of aromatic nitrogens is 4. The summed E-state index contributed by atoms with van der Waals surface area (Å²) in [5, 5.41) is 4.42. The van der Waals surface area contributed by atoms with Crippen LogP contribution in [0.4, 0.5) is 5.95 Å². The Hall–Kier alpha value is -3.42. The summed E-state index contributed by atoms with van der Waals surface area (Å²) in [4.78, 5) is 17.4. The molecule has 0 radical (unpaired) electrons. The Balaban J connectivity index is 1.29. The summed E-state index contributed by atoms with van der Waals surface area (Å²) >= 11 is 0. The van der Waals surface area contributed by atoms with E-state index in [0.29, 0.717) is 12.5 Å². The summed E-state index contributed by atoms with van der Waals surface area (Å²) in [5.74, 6) is 1.34. The quantitative estimate of drug-likeness (QED) is 0.534. The molecule has 2 aromatic heterocycles. The fraction of sp³-hybridized carbons (Fsp3) is 0.300. The second-order valence-corrected chi connectivity index (χ2v) is 6.73. The average molecular weight is 376 g/mol. The van der Waals surface area contributed by atoms with Crippen LogP contribution < -0.4 is 10.6 Å². The van der Waals surface area contributed by atoms with Gasteiger partial charge in [-0.25, -0.2) is 15.0 Å². The van der Waals surface area contributed by atoms with Gasteiger partial charge in [0.2, 0.25) is 5.95 Å². The highest BCUT2D eigenvalue weighted by Gasteiger charge is 2.19. The molecule has 0 amide bonds. The smallest absolute Gasteiger partial charge is 0.225 e. The Morgan fingerprint density at radius 2 is 1.71 bits per heavy atom. The monoisotopic (exact) mass is 376 g/mol. The maximum absolute atomic E-state index is 6.21. The number of piperazine rings is 1. The fourth-order valence-corrected chi connectivity index (χ4v) is 3.21. The predicted octanol–water partition coefficient (Wildman–Crippen LogP) is 1.36. The van der Waals surface area contributed by atoms with Crippen molar-refractivity contribution in [3.8, 4) is 0 Å². The van der Waals surface area contributed by atoms with Gasteiger partial charge in [0.25, 0.3) is 0 Å². The van der Waals surface area contributed by atoms with E-state index in [4.69, 9.17) is 5.73 Å². The minimum absolute atomic E-state index is 0.530. The van der Waals surface area contributed by atoms with Gasteiger partial charge in [0.15, 0.2) is 5.96 Å². The van der Waals surface area contributed by atoms with Crippen molar-refractivity contribution in [1.29, 1.82) is 0 Å². The average Bonchev–Trinajstić information content (AvgIpc) is 3.21. The van der Waals surface area contributed by atoms with Crippen LogP contribution in [0, 0.1) is 0 Å². The van der Waals surface area contributed by atoms with Crippen molar-refractivity contribution >= 4 is 11.9 Å². The topological polar surface area (TPSA) is 88.5 Å². The van der Waals surface area contributed by atoms with E-state index < -0.39 is 0 Å². The molecule has 1 aliphatic rings. The van der Waals surface area contributed by atoms with E-state index in [1.54, 1.807) is 12.4 Å². The van der Waals surface area contributed by atoms with E-state index in [-0.39, 0.29) is 0 Å². The normalized spacial score (nSPS) is 15.1. The van der Waals surface area contributed by atoms with Crippen molar-refractivity contribution in [2.24, 2.45) is 10.7 Å². The summed E-state index contributed by atoms with van der Waals surface area (Å²) < 4.78 is 1.93. The molecule has 1 aliphatic heterocycles. The Labute approximate surface area is 164 Å². The third-order valence-electron chi connectivity index (χ3n) is 4.74. The Morgan fingerprint density at radius 3 is 2.46 bits per heavy atom. The van der Waals surface area contributed by atoms with Crippen LogP contribution >= 0.6 is 0 Å². The summed E-state index contributed by atoms with van der Waals surface area (Å²) in [6, 6.07) is 12.1. The number of aliphatic imine (C=N–C) groups is 1. The maximum atomic E-state index is 6.21. The molecule has 144 valence electrons. The molecule has 3 aromatic rings. The SMILES string of the molecule is NC(=NCc1cnn(Cc2ccccc2)c1)N1CCN(c2ncccn2)CC1. The second-order valence-electron chi connectivity index (χ2n) is 6.73. The Morgan fingerprint density at radius 1 is 0.964 bits per heavy atom. The van der Waals surface area contributed by atoms with E-state index in [1.807, 2.05) is 41.3 Å². The highest BCUT2D eigenvalue weighted by Crippen LogP contribution is 2.10. The highest BCUT2D eigenvalue weighted by molar-refractivity contribution is 5.78. The molecule has 28 heavy (non-hydrogen) atoms. The summed E-state index contributed by atoms with van der Waals surface area (Å²) in [6.07, 6.45) is 7.41. The molecule has 1 fully saturated rings. The number of rotatable bonds is 5. The molecule has 8 heteroatoms. The van der Waals surface area contributed by atoms with Crippen molar-refractivity contribution in [2.45, 2.75) is 13.1 Å². The Bertz CT molecular complexity index is 898. The fourth-order valence-electron chi connectivity index (χ4n) is 3.21. The first-order valence-corrected chi connectivity index (χ1v) is 9.40. The van der Waals surface area contributed by atoms with Crippen LogP contribution in [-0.2, 0) is 13.1 Å². The van der Waals surface area contributed by atoms with Crippen molar-refractivity contribution in [1.82, 2.24) is 24.6 Å². The van der Waals surface area contributed by atoms with Crippen LogP contribution in [0.1, 0.15) is 11.1 Å². The van der Waals surface area contributed by atoms with Crippen LogP contribution in [0.3, 0.4) is 0 Å². The van der Waals surface area contributed by atoms with Crippen LogP contribution in [0.25, 0.3) is 0 Å². The lowest BCUT2D eigenvalue weighted by Crippen LogP contribution is -2.51. The van der Waals surface area contributed by atoms with Crippen molar-refractivity contribution < 1.29 is 0 Å². The zero-order valence-corrected chi connectivity index (χ0v) is 15.7. The van der Waals surface area contributed by atoms with Gasteiger partial charge in [-0.15, -0.1) is 0 Å². The molecule has 0 atom stereocenters. The van der Waals surface area contributed by atoms with Crippen LogP contribution in [0.15, 0.2) is 66.2 Å². The highest BCUT2D eigenvalue weighted by atomic mass is 15.4. The molecule has 3 heterocycles. The van der Waals surface area contributed by atoms with E-state index in [0.717, 1.165) is 44.2 Å². The number of benzene rings is 1. The molecule has 0 bridgehead atoms. The molecule has 0 unspecified atom stereocenters. The van der Waals surface area contributed by atoms with Gasteiger partial charge in [-0.3, -0.25) is 4.68 Å². The molecule has 8 nitrogen and oxygen atoms in total. The minimum Gasteiger partial charge on any atom is -0.370 e. The number of guanidine groups is 1. The number of hydrogen-bond acceptors (Lipinski definition) is 5. The van der Waals surface area contributed by atoms with E-state index in [2.05, 4.69) is 42.0 Å². The molecule has 1 saturated heterocycles. The largest absolute Gasteiger partial charge is 0.370 e. The van der Waals surface area contributed by atoms with Crippen LogP contribution in [0.5, 0.6) is 0 Å². The van der Waals surface area contributed by atoms with Gasteiger partial charge in [0, 0.05) is 50.3 Å². The molecule has 0 saturated carbocycles. The summed E-state index contributed by atoms with van der Waals surface area (Å²) in [7, 11) is 0. The van der Waals surface area contributed by atoms with Gasteiger partial charge in [-0.1, -0.05) is 30.3 Å². The van der Waals surface area contributed by atoms with Gasteiger partial charge < -0.3 is 15.5 Å². The second kappa shape index (κ2) is 8.51. The van der Waals surface area contributed by atoms with E-state index in [9.17, 15) is 0 Å². The first kappa shape index (κ1) is 18.0. The molecular weight excluding hydrogens is 352 g/mol. The van der Waals surface area contributed by atoms with Gasteiger partial charge in [0.1, 0.15) is 0 Å². The predicted molar refractivity (Wildman–Crippen MR) is 109 cm³/mol. The number of nitrogens with zero attached hydrogens (tertiary/aromatic N) is 7. The Kier molecular flexibility index (Phi) is 5.46. The first-order chi connectivity index (χ1) is 13.8. The zero-order chi connectivity index (χ0) is 19.2.